The smallest absolute Gasteiger partial charge is 0.219 e. The van der Waals surface area contributed by atoms with Crippen molar-refractivity contribution in [3.05, 3.63) is 0 Å². The molecule has 1 heterocycles. The van der Waals surface area contributed by atoms with E-state index in [1.165, 1.54) is 77.0 Å². The van der Waals surface area contributed by atoms with E-state index in [9.17, 15) is 4.79 Å². The van der Waals surface area contributed by atoms with E-state index in [1.54, 1.807) is 0 Å². The van der Waals surface area contributed by atoms with Crippen LogP contribution >= 0.6 is 0 Å². The number of unbranched alkanes of at least 4 members (excludes halogenated alkanes) is 9. The fraction of sp³-hybridized carbons (Fsp3) is 0.952. The van der Waals surface area contributed by atoms with Gasteiger partial charge in [-0.3, -0.25) is 4.79 Å². The summed E-state index contributed by atoms with van der Waals surface area (Å²) in [7, 11) is 0. The van der Waals surface area contributed by atoms with E-state index in [0.717, 1.165) is 19.4 Å². The third-order valence-electron chi connectivity index (χ3n) is 4.99. The zero-order valence-electron chi connectivity index (χ0n) is 16.3. The van der Waals surface area contributed by atoms with Crippen molar-refractivity contribution in [2.24, 2.45) is 0 Å². The van der Waals surface area contributed by atoms with Crippen molar-refractivity contribution >= 4 is 5.91 Å². The number of hydrogen-bond acceptors (Lipinski definition) is 2. The molecule has 0 aromatic heterocycles. The standard InChI is InChI=1S/C21H41NO2/c1-3-5-6-7-9-12-15-19-20(24-19)16-13-10-8-11-14-17-21(23)22-18-4-2/h19-20H,3-18H2,1-2H3,(H,22,23)/t19-,20+/m1/s1. The summed E-state index contributed by atoms with van der Waals surface area (Å²) in [6, 6.07) is 0. The molecule has 1 saturated heterocycles. The van der Waals surface area contributed by atoms with Gasteiger partial charge >= 0.3 is 0 Å². The van der Waals surface area contributed by atoms with Gasteiger partial charge in [-0.1, -0.05) is 78.1 Å². The molecule has 3 heteroatoms. The van der Waals surface area contributed by atoms with Crippen LogP contribution < -0.4 is 5.32 Å². The highest BCUT2D eigenvalue weighted by atomic mass is 16.6. The molecule has 1 amide bonds. The van der Waals surface area contributed by atoms with Gasteiger partial charge in [0.15, 0.2) is 0 Å². The summed E-state index contributed by atoms with van der Waals surface area (Å²) in [5.41, 5.74) is 0. The van der Waals surface area contributed by atoms with Gasteiger partial charge in [-0.05, 0) is 25.7 Å². The molecular weight excluding hydrogens is 298 g/mol. The Hall–Kier alpha value is -0.570. The Morgan fingerprint density at radius 3 is 1.88 bits per heavy atom. The largest absolute Gasteiger partial charge is 0.370 e. The minimum Gasteiger partial charge on any atom is -0.370 e. The van der Waals surface area contributed by atoms with Gasteiger partial charge in [-0.15, -0.1) is 0 Å². The van der Waals surface area contributed by atoms with E-state index >= 15 is 0 Å². The lowest BCUT2D eigenvalue weighted by molar-refractivity contribution is -0.121. The summed E-state index contributed by atoms with van der Waals surface area (Å²) in [4.78, 5) is 11.5. The Kier molecular flexibility index (Phi) is 13.2. The fourth-order valence-electron chi connectivity index (χ4n) is 3.33. The summed E-state index contributed by atoms with van der Waals surface area (Å²) in [5, 5.41) is 2.94. The van der Waals surface area contributed by atoms with Gasteiger partial charge in [0, 0.05) is 13.0 Å². The molecule has 1 N–H and O–H groups in total. The topological polar surface area (TPSA) is 41.6 Å². The normalized spacial score (nSPS) is 19.4. The molecule has 0 spiro atoms. The molecule has 0 radical (unpaired) electrons. The van der Waals surface area contributed by atoms with Crippen molar-refractivity contribution in [1.29, 1.82) is 0 Å². The van der Waals surface area contributed by atoms with Gasteiger partial charge in [0.2, 0.25) is 5.91 Å². The summed E-state index contributed by atoms with van der Waals surface area (Å²) >= 11 is 0. The zero-order valence-corrected chi connectivity index (χ0v) is 16.3. The summed E-state index contributed by atoms with van der Waals surface area (Å²) < 4.78 is 5.79. The number of nitrogens with one attached hydrogen (secondary N) is 1. The number of hydrogen-bond donors (Lipinski definition) is 1. The number of carbonyl (C=O) groups is 1. The summed E-state index contributed by atoms with van der Waals surface area (Å²) in [6.07, 6.45) is 19.8. The number of rotatable bonds is 17. The molecule has 0 bridgehead atoms. The SMILES string of the molecule is CCCCCCCC[C@H]1O[C@H]1CCCCCCCC(=O)NCCC. The summed E-state index contributed by atoms with van der Waals surface area (Å²) in [5.74, 6) is 0.223. The van der Waals surface area contributed by atoms with Crippen LogP contribution in [0.25, 0.3) is 0 Å². The maximum atomic E-state index is 11.5. The van der Waals surface area contributed by atoms with E-state index in [-0.39, 0.29) is 5.91 Å². The second kappa shape index (κ2) is 14.7. The molecule has 0 unspecified atom stereocenters. The number of carbonyl (C=O) groups excluding carboxylic acids is 1. The maximum absolute atomic E-state index is 11.5. The Morgan fingerprint density at radius 1 is 0.750 bits per heavy atom. The van der Waals surface area contributed by atoms with E-state index in [1.807, 2.05) is 0 Å². The molecule has 0 aromatic carbocycles. The number of ether oxygens (including phenoxy) is 1. The van der Waals surface area contributed by atoms with Crippen LogP contribution in [0.5, 0.6) is 0 Å². The van der Waals surface area contributed by atoms with Crippen LogP contribution in [0, 0.1) is 0 Å². The second-order valence-electron chi connectivity index (χ2n) is 7.43. The molecule has 3 nitrogen and oxygen atoms in total. The lowest BCUT2D eigenvalue weighted by Crippen LogP contribution is -2.23. The molecule has 1 aliphatic rings. The molecular formula is C21H41NO2. The van der Waals surface area contributed by atoms with Gasteiger partial charge in [0.25, 0.3) is 0 Å². The average Bonchev–Trinajstić information content (AvgIpc) is 3.33. The van der Waals surface area contributed by atoms with Crippen molar-refractivity contribution < 1.29 is 9.53 Å². The van der Waals surface area contributed by atoms with Crippen molar-refractivity contribution in [1.82, 2.24) is 5.32 Å². The van der Waals surface area contributed by atoms with E-state index in [4.69, 9.17) is 4.74 Å². The highest BCUT2D eigenvalue weighted by molar-refractivity contribution is 5.75. The van der Waals surface area contributed by atoms with E-state index < -0.39 is 0 Å². The third kappa shape index (κ3) is 11.9. The lowest BCUT2D eigenvalue weighted by Gasteiger charge is -2.03. The van der Waals surface area contributed by atoms with Crippen LogP contribution in [0.3, 0.4) is 0 Å². The van der Waals surface area contributed by atoms with E-state index in [0.29, 0.717) is 18.6 Å². The van der Waals surface area contributed by atoms with Gasteiger partial charge < -0.3 is 10.1 Å². The van der Waals surface area contributed by atoms with Crippen LogP contribution in [0.1, 0.15) is 110 Å². The fourth-order valence-corrected chi connectivity index (χ4v) is 3.33. The zero-order chi connectivity index (χ0) is 17.5. The Morgan fingerprint density at radius 2 is 1.29 bits per heavy atom. The predicted molar refractivity (Wildman–Crippen MR) is 102 cm³/mol. The first-order valence-electron chi connectivity index (χ1n) is 10.7. The molecule has 142 valence electrons. The predicted octanol–water partition coefficient (Wildman–Crippen LogP) is 5.76. The molecule has 1 aliphatic heterocycles. The maximum Gasteiger partial charge on any atom is 0.219 e. The number of amides is 1. The highest BCUT2D eigenvalue weighted by Gasteiger charge is 2.36. The molecule has 24 heavy (non-hydrogen) atoms. The Bertz CT molecular complexity index is 306. The Balaban J connectivity index is 1.77. The first-order valence-corrected chi connectivity index (χ1v) is 10.7. The van der Waals surface area contributed by atoms with Crippen molar-refractivity contribution in [2.75, 3.05) is 6.54 Å². The minimum absolute atomic E-state index is 0.223. The third-order valence-corrected chi connectivity index (χ3v) is 4.99. The van der Waals surface area contributed by atoms with Crippen LogP contribution in [0.4, 0.5) is 0 Å². The Labute approximate surface area is 150 Å². The van der Waals surface area contributed by atoms with Crippen LogP contribution in [-0.4, -0.2) is 24.7 Å². The molecule has 2 atom stereocenters. The quantitative estimate of drug-likeness (QED) is 0.270. The van der Waals surface area contributed by atoms with Gasteiger partial charge in [-0.25, -0.2) is 0 Å². The first-order chi connectivity index (χ1) is 11.8. The molecule has 0 aromatic rings. The van der Waals surface area contributed by atoms with Gasteiger partial charge in [0.1, 0.15) is 0 Å². The number of epoxide rings is 1. The monoisotopic (exact) mass is 339 g/mol. The van der Waals surface area contributed by atoms with E-state index in [2.05, 4.69) is 19.2 Å². The lowest BCUT2D eigenvalue weighted by atomic mass is 10.0. The molecule has 1 fully saturated rings. The molecule has 1 rings (SSSR count). The van der Waals surface area contributed by atoms with Crippen molar-refractivity contribution in [3.8, 4) is 0 Å². The first kappa shape index (κ1) is 21.5. The van der Waals surface area contributed by atoms with Gasteiger partial charge in [-0.2, -0.15) is 0 Å². The van der Waals surface area contributed by atoms with Crippen molar-refractivity contribution in [2.45, 2.75) is 122 Å². The van der Waals surface area contributed by atoms with Gasteiger partial charge in [0.05, 0.1) is 12.2 Å². The minimum atomic E-state index is 0.223. The van der Waals surface area contributed by atoms with Crippen molar-refractivity contribution in [3.63, 3.8) is 0 Å². The second-order valence-corrected chi connectivity index (χ2v) is 7.43. The van der Waals surface area contributed by atoms with Crippen LogP contribution in [-0.2, 0) is 9.53 Å². The summed E-state index contributed by atoms with van der Waals surface area (Å²) in [6.45, 7) is 5.18. The van der Waals surface area contributed by atoms with Crippen LogP contribution in [0.2, 0.25) is 0 Å². The average molecular weight is 340 g/mol. The molecule has 0 saturated carbocycles. The highest BCUT2D eigenvalue weighted by Crippen LogP contribution is 2.31. The molecule has 0 aliphatic carbocycles. The van der Waals surface area contributed by atoms with Crippen LogP contribution in [0.15, 0.2) is 0 Å².